The van der Waals surface area contributed by atoms with E-state index in [1.165, 1.54) is 12.8 Å². The van der Waals surface area contributed by atoms with E-state index in [2.05, 4.69) is 52.9 Å². The van der Waals surface area contributed by atoms with E-state index >= 15 is 0 Å². The van der Waals surface area contributed by atoms with E-state index in [1.54, 1.807) is 0 Å². The highest BCUT2D eigenvalue weighted by Crippen LogP contribution is 2.40. The Morgan fingerprint density at radius 1 is 1.00 bits per heavy atom. The van der Waals surface area contributed by atoms with E-state index < -0.39 is 8.30 Å². The largest absolute Gasteiger partial charge is 0.344 e. The summed E-state index contributed by atoms with van der Waals surface area (Å²) < 4.78 is 8.44. The standard InChI is InChI=1S/C13H30NOP/c1-11(2)9-8-10-15-16(7)14(12(3)4)13(5)6/h11-13H,8-10H2,1-7H3. The van der Waals surface area contributed by atoms with Gasteiger partial charge in [-0.2, -0.15) is 0 Å². The summed E-state index contributed by atoms with van der Waals surface area (Å²) in [5.74, 6) is 0.790. The molecule has 0 heterocycles. The van der Waals surface area contributed by atoms with Crippen LogP contribution in [0.1, 0.15) is 54.4 Å². The van der Waals surface area contributed by atoms with Gasteiger partial charge in [0, 0.05) is 12.1 Å². The molecule has 1 unspecified atom stereocenters. The molecule has 98 valence electrons. The average Bonchev–Trinajstić information content (AvgIpc) is 2.10. The maximum absolute atomic E-state index is 5.97. The van der Waals surface area contributed by atoms with Gasteiger partial charge >= 0.3 is 0 Å². The average molecular weight is 247 g/mol. The number of hydrogen-bond acceptors (Lipinski definition) is 2. The molecule has 1 atom stereocenters. The number of rotatable bonds is 8. The second kappa shape index (κ2) is 8.44. The van der Waals surface area contributed by atoms with E-state index in [0.29, 0.717) is 12.1 Å². The summed E-state index contributed by atoms with van der Waals surface area (Å²) in [5.41, 5.74) is 0. The zero-order valence-electron chi connectivity index (χ0n) is 12.2. The molecule has 0 aromatic rings. The first-order chi connectivity index (χ1) is 7.36. The first kappa shape index (κ1) is 16.4. The minimum absolute atomic E-state index is 0.420. The van der Waals surface area contributed by atoms with Gasteiger partial charge in [-0.3, -0.25) is 4.67 Å². The molecule has 0 rings (SSSR count). The Hall–Kier alpha value is 0.350. The fraction of sp³-hybridized carbons (Fsp3) is 1.00. The third kappa shape index (κ3) is 6.83. The predicted molar refractivity (Wildman–Crippen MR) is 75.0 cm³/mol. The van der Waals surface area contributed by atoms with Gasteiger partial charge in [0.05, 0.1) is 6.61 Å². The molecule has 0 saturated carbocycles. The molecular weight excluding hydrogens is 217 g/mol. The Morgan fingerprint density at radius 3 is 1.88 bits per heavy atom. The van der Waals surface area contributed by atoms with E-state index in [4.69, 9.17) is 4.52 Å². The minimum Gasteiger partial charge on any atom is -0.344 e. The summed E-state index contributed by atoms with van der Waals surface area (Å²) >= 11 is 0. The van der Waals surface area contributed by atoms with Crippen molar-refractivity contribution in [2.24, 2.45) is 5.92 Å². The molecule has 0 aromatic carbocycles. The second-order valence-electron chi connectivity index (χ2n) is 5.40. The fourth-order valence-corrected chi connectivity index (χ4v) is 3.83. The van der Waals surface area contributed by atoms with Gasteiger partial charge in [-0.05, 0) is 53.1 Å². The molecule has 0 N–H and O–H groups in total. The summed E-state index contributed by atoms with van der Waals surface area (Å²) in [5, 5.41) is 0. The SMILES string of the molecule is CC(C)CCCOP(C)N(C(C)C)C(C)C. The van der Waals surface area contributed by atoms with Gasteiger partial charge in [0.25, 0.3) is 0 Å². The van der Waals surface area contributed by atoms with Gasteiger partial charge in [0.2, 0.25) is 0 Å². The van der Waals surface area contributed by atoms with Crippen LogP contribution >= 0.6 is 8.30 Å². The van der Waals surface area contributed by atoms with E-state index in [0.717, 1.165) is 12.5 Å². The Kier molecular flexibility index (Phi) is 8.63. The van der Waals surface area contributed by atoms with Crippen LogP contribution in [0.2, 0.25) is 0 Å². The van der Waals surface area contributed by atoms with Gasteiger partial charge < -0.3 is 4.52 Å². The molecule has 0 bridgehead atoms. The van der Waals surface area contributed by atoms with Gasteiger partial charge in [0.15, 0.2) is 0 Å². The first-order valence-electron chi connectivity index (χ1n) is 6.51. The quantitative estimate of drug-likeness (QED) is 0.462. The van der Waals surface area contributed by atoms with Crippen LogP contribution in [0.15, 0.2) is 0 Å². The lowest BCUT2D eigenvalue weighted by Crippen LogP contribution is -2.32. The van der Waals surface area contributed by atoms with Gasteiger partial charge in [0.1, 0.15) is 8.30 Å². The number of nitrogens with zero attached hydrogens (tertiary/aromatic N) is 1. The van der Waals surface area contributed by atoms with Gasteiger partial charge in [-0.15, -0.1) is 0 Å². The lowest BCUT2D eigenvalue weighted by Gasteiger charge is -2.35. The summed E-state index contributed by atoms with van der Waals surface area (Å²) in [7, 11) is -0.420. The normalized spacial score (nSPS) is 14.4. The van der Waals surface area contributed by atoms with Crippen molar-refractivity contribution in [3.05, 3.63) is 0 Å². The minimum atomic E-state index is -0.420. The molecule has 16 heavy (non-hydrogen) atoms. The molecule has 0 aliphatic carbocycles. The van der Waals surface area contributed by atoms with Crippen molar-refractivity contribution >= 4 is 8.30 Å². The summed E-state index contributed by atoms with van der Waals surface area (Å²) in [6.07, 6.45) is 2.46. The molecular formula is C13H30NOP. The van der Waals surface area contributed by atoms with Crippen LogP contribution in [0.5, 0.6) is 0 Å². The molecule has 0 amide bonds. The Balaban J connectivity index is 3.88. The van der Waals surface area contributed by atoms with Crippen molar-refractivity contribution in [1.82, 2.24) is 4.67 Å². The summed E-state index contributed by atoms with van der Waals surface area (Å²) in [4.78, 5) is 0. The van der Waals surface area contributed by atoms with Gasteiger partial charge in [-0.1, -0.05) is 13.8 Å². The Labute approximate surface area is 104 Å². The molecule has 3 heteroatoms. The van der Waals surface area contributed by atoms with Crippen molar-refractivity contribution in [2.45, 2.75) is 66.5 Å². The predicted octanol–water partition coefficient (Wildman–Crippen LogP) is 4.50. The molecule has 0 aliphatic heterocycles. The summed E-state index contributed by atoms with van der Waals surface area (Å²) in [6, 6.07) is 1.14. The fourth-order valence-electron chi connectivity index (χ4n) is 2.00. The van der Waals surface area contributed by atoms with Crippen LogP contribution in [-0.4, -0.2) is 30.0 Å². The van der Waals surface area contributed by atoms with Crippen LogP contribution in [-0.2, 0) is 4.52 Å². The first-order valence-corrected chi connectivity index (χ1v) is 8.17. The molecule has 0 aliphatic rings. The van der Waals surface area contributed by atoms with Crippen molar-refractivity contribution in [2.75, 3.05) is 13.3 Å². The lowest BCUT2D eigenvalue weighted by atomic mass is 10.1. The highest BCUT2D eigenvalue weighted by atomic mass is 31.2. The molecule has 0 spiro atoms. The zero-order valence-corrected chi connectivity index (χ0v) is 13.1. The molecule has 0 saturated heterocycles. The van der Waals surface area contributed by atoms with Crippen LogP contribution in [0.4, 0.5) is 0 Å². The van der Waals surface area contributed by atoms with Crippen molar-refractivity contribution < 1.29 is 4.52 Å². The van der Waals surface area contributed by atoms with E-state index in [1.807, 2.05) is 0 Å². The third-order valence-corrected chi connectivity index (χ3v) is 4.72. The Morgan fingerprint density at radius 2 is 1.50 bits per heavy atom. The number of hydrogen-bond donors (Lipinski definition) is 0. The maximum atomic E-state index is 5.97. The molecule has 0 fully saturated rings. The third-order valence-electron chi connectivity index (χ3n) is 2.59. The van der Waals surface area contributed by atoms with Crippen molar-refractivity contribution in [1.29, 1.82) is 0 Å². The van der Waals surface area contributed by atoms with Crippen LogP contribution in [0.3, 0.4) is 0 Å². The smallest absolute Gasteiger partial charge is 0.101 e. The molecule has 2 nitrogen and oxygen atoms in total. The van der Waals surface area contributed by atoms with E-state index in [9.17, 15) is 0 Å². The zero-order chi connectivity index (χ0) is 12.7. The van der Waals surface area contributed by atoms with Crippen molar-refractivity contribution in [3.63, 3.8) is 0 Å². The summed E-state index contributed by atoms with van der Waals surface area (Å²) in [6.45, 7) is 16.7. The molecule has 0 aromatic heterocycles. The topological polar surface area (TPSA) is 12.5 Å². The highest BCUT2D eigenvalue weighted by molar-refractivity contribution is 7.49. The van der Waals surface area contributed by atoms with Crippen LogP contribution in [0, 0.1) is 5.92 Å². The second-order valence-corrected chi connectivity index (χ2v) is 7.05. The molecule has 0 radical (unpaired) electrons. The monoisotopic (exact) mass is 247 g/mol. The highest BCUT2D eigenvalue weighted by Gasteiger charge is 2.20. The van der Waals surface area contributed by atoms with E-state index in [-0.39, 0.29) is 0 Å². The maximum Gasteiger partial charge on any atom is 0.101 e. The van der Waals surface area contributed by atoms with Crippen LogP contribution < -0.4 is 0 Å². The Bertz CT molecular complexity index is 163. The van der Waals surface area contributed by atoms with Gasteiger partial charge in [-0.25, -0.2) is 0 Å². The van der Waals surface area contributed by atoms with Crippen LogP contribution in [0.25, 0.3) is 0 Å². The van der Waals surface area contributed by atoms with Crippen molar-refractivity contribution in [3.8, 4) is 0 Å². The lowest BCUT2D eigenvalue weighted by molar-refractivity contribution is 0.250.